The zero-order chi connectivity index (χ0) is 15.6. The smallest absolute Gasteiger partial charge is 0.174 e. The SMILES string of the molecule is CCC(CO)C(OCCCSCC(O)CO)S(C)(=O)=O. The van der Waals surface area contributed by atoms with Gasteiger partial charge < -0.3 is 20.1 Å². The minimum atomic E-state index is -3.36. The van der Waals surface area contributed by atoms with E-state index in [1.807, 2.05) is 6.92 Å². The van der Waals surface area contributed by atoms with Crippen LogP contribution in [0.2, 0.25) is 0 Å². The summed E-state index contributed by atoms with van der Waals surface area (Å²) in [5.74, 6) is 0.748. The number of ether oxygens (including phenoxy) is 1. The van der Waals surface area contributed by atoms with Crippen LogP contribution in [-0.4, -0.2) is 72.9 Å². The predicted octanol–water partition coefficient (Wildman–Crippen LogP) is -0.131. The molecule has 122 valence electrons. The maximum absolute atomic E-state index is 11.6. The number of hydrogen-bond donors (Lipinski definition) is 3. The molecule has 0 radical (unpaired) electrons. The third kappa shape index (κ3) is 8.43. The van der Waals surface area contributed by atoms with E-state index >= 15 is 0 Å². The number of sulfone groups is 1. The molecule has 0 aliphatic carbocycles. The van der Waals surface area contributed by atoms with Crippen molar-refractivity contribution < 1.29 is 28.5 Å². The molecule has 0 aliphatic heterocycles. The van der Waals surface area contributed by atoms with Gasteiger partial charge in [-0.2, -0.15) is 11.8 Å². The van der Waals surface area contributed by atoms with E-state index in [2.05, 4.69) is 0 Å². The number of rotatable bonds is 12. The maximum Gasteiger partial charge on any atom is 0.174 e. The predicted molar refractivity (Wildman–Crippen MR) is 80.5 cm³/mol. The van der Waals surface area contributed by atoms with Crippen molar-refractivity contribution in [1.29, 1.82) is 0 Å². The third-order valence-electron chi connectivity index (χ3n) is 2.80. The molecule has 6 nitrogen and oxygen atoms in total. The zero-order valence-electron chi connectivity index (χ0n) is 12.1. The third-order valence-corrected chi connectivity index (χ3v) is 5.36. The van der Waals surface area contributed by atoms with E-state index in [0.717, 1.165) is 6.26 Å². The van der Waals surface area contributed by atoms with E-state index in [-0.39, 0.29) is 19.8 Å². The van der Waals surface area contributed by atoms with Crippen molar-refractivity contribution in [1.82, 2.24) is 0 Å². The quantitative estimate of drug-likeness (QED) is 0.428. The van der Waals surface area contributed by atoms with Crippen molar-refractivity contribution in [3.05, 3.63) is 0 Å². The van der Waals surface area contributed by atoms with E-state index < -0.39 is 27.3 Å². The Kier molecular flexibility index (Phi) is 10.9. The topological polar surface area (TPSA) is 104 Å². The average molecular weight is 330 g/mol. The van der Waals surface area contributed by atoms with Gasteiger partial charge in [0.2, 0.25) is 0 Å². The van der Waals surface area contributed by atoms with E-state index in [9.17, 15) is 13.5 Å². The van der Waals surface area contributed by atoms with Gasteiger partial charge in [0.25, 0.3) is 0 Å². The molecule has 3 atom stereocenters. The molecule has 0 aromatic rings. The highest BCUT2D eigenvalue weighted by Crippen LogP contribution is 2.17. The summed E-state index contributed by atoms with van der Waals surface area (Å²) >= 11 is 1.48. The van der Waals surface area contributed by atoms with Gasteiger partial charge in [-0.05, 0) is 18.6 Å². The minimum absolute atomic E-state index is 0.217. The van der Waals surface area contributed by atoms with Gasteiger partial charge in [-0.3, -0.25) is 0 Å². The first-order chi connectivity index (χ1) is 9.36. The maximum atomic E-state index is 11.6. The van der Waals surface area contributed by atoms with Crippen molar-refractivity contribution in [2.75, 3.05) is 37.6 Å². The lowest BCUT2D eigenvalue weighted by Gasteiger charge is -2.23. The van der Waals surface area contributed by atoms with E-state index in [1.165, 1.54) is 11.8 Å². The van der Waals surface area contributed by atoms with Gasteiger partial charge in [0.1, 0.15) is 0 Å². The van der Waals surface area contributed by atoms with Crippen LogP contribution >= 0.6 is 11.8 Å². The highest BCUT2D eigenvalue weighted by atomic mass is 32.2. The number of hydrogen-bond acceptors (Lipinski definition) is 7. The fourth-order valence-electron chi connectivity index (χ4n) is 1.65. The van der Waals surface area contributed by atoms with Gasteiger partial charge in [0, 0.05) is 31.1 Å². The Bertz CT molecular complexity index is 329. The van der Waals surface area contributed by atoms with Crippen molar-refractivity contribution in [3.63, 3.8) is 0 Å². The number of aliphatic hydroxyl groups excluding tert-OH is 3. The highest BCUT2D eigenvalue weighted by molar-refractivity contribution is 7.99. The molecule has 0 aliphatic rings. The lowest BCUT2D eigenvalue weighted by atomic mass is 10.1. The lowest BCUT2D eigenvalue weighted by molar-refractivity contribution is 0.0425. The van der Waals surface area contributed by atoms with Gasteiger partial charge in [0.15, 0.2) is 15.3 Å². The number of aliphatic hydroxyl groups is 3. The molecule has 0 heterocycles. The second-order valence-electron chi connectivity index (χ2n) is 4.68. The summed E-state index contributed by atoms with van der Waals surface area (Å²) in [6.07, 6.45) is 1.58. The minimum Gasteiger partial charge on any atom is -0.396 e. The molecular formula is C12H26O6S2. The molecule has 20 heavy (non-hydrogen) atoms. The summed E-state index contributed by atoms with van der Waals surface area (Å²) in [5.41, 5.74) is -0.967. The Morgan fingerprint density at radius 1 is 1.25 bits per heavy atom. The normalized spacial score (nSPS) is 16.9. The molecule has 0 aromatic carbocycles. The summed E-state index contributed by atoms with van der Waals surface area (Å²) in [6, 6.07) is 0. The molecular weight excluding hydrogens is 304 g/mol. The highest BCUT2D eigenvalue weighted by Gasteiger charge is 2.29. The Morgan fingerprint density at radius 2 is 1.90 bits per heavy atom. The molecule has 0 amide bonds. The molecule has 0 rings (SSSR count). The summed E-state index contributed by atoms with van der Waals surface area (Å²) < 4.78 is 28.7. The van der Waals surface area contributed by atoms with E-state index in [4.69, 9.17) is 14.9 Å². The van der Waals surface area contributed by atoms with Crippen LogP contribution in [0.4, 0.5) is 0 Å². The summed E-state index contributed by atoms with van der Waals surface area (Å²) in [7, 11) is -3.36. The van der Waals surface area contributed by atoms with Crippen molar-refractivity contribution >= 4 is 21.6 Å². The fraction of sp³-hybridized carbons (Fsp3) is 1.00. The Hall–Kier alpha value is 0.140. The lowest BCUT2D eigenvalue weighted by Crippen LogP contribution is -2.34. The Balaban J connectivity index is 4.04. The first-order valence-corrected chi connectivity index (χ1v) is 9.75. The summed E-state index contributed by atoms with van der Waals surface area (Å²) in [4.78, 5) is 0. The molecule has 0 bridgehead atoms. The van der Waals surface area contributed by atoms with Crippen LogP contribution in [0, 0.1) is 5.92 Å². The van der Waals surface area contributed by atoms with Gasteiger partial charge in [-0.15, -0.1) is 0 Å². The standard InChI is InChI=1S/C12H26O6S2/c1-3-10(7-13)12(20(2,16)17)18-5-4-6-19-9-11(15)8-14/h10-15H,3-9H2,1-2H3. The molecule has 8 heteroatoms. The molecule has 3 N–H and O–H groups in total. The fourth-order valence-corrected chi connectivity index (χ4v) is 3.84. The molecule has 0 fully saturated rings. The van der Waals surface area contributed by atoms with Gasteiger partial charge in [-0.25, -0.2) is 8.42 Å². The van der Waals surface area contributed by atoms with Crippen LogP contribution < -0.4 is 0 Å². The van der Waals surface area contributed by atoms with Crippen LogP contribution in [0.3, 0.4) is 0 Å². The van der Waals surface area contributed by atoms with Crippen LogP contribution in [0.5, 0.6) is 0 Å². The second kappa shape index (κ2) is 10.8. The van der Waals surface area contributed by atoms with Crippen molar-refractivity contribution in [2.45, 2.75) is 31.3 Å². The monoisotopic (exact) mass is 330 g/mol. The first kappa shape index (κ1) is 20.1. The van der Waals surface area contributed by atoms with E-state index in [0.29, 0.717) is 24.3 Å². The van der Waals surface area contributed by atoms with Crippen molar-refractivity contribution in [3.8, 4) is 0 Å². The molecule has 0 saturated heterocycles. The van der Waals surface area contributed by atoms with Gasteiger partial charge >= 0.3 is 0 Å². The molecule has 3 unspecified atom stereocenters. The second-order valence-corrected chi connectivity index (χ2v) is 7.96. The number of thioether (sulfide) groups is 1. The van der Waals surface area contributed by atoms with Crippen LogP contribution in [0.1, 0.15) is 19.8 Å². The van der Waals surface area contributed by atoms with Gasteiger partial charge in [0.05, 0.1) is 12.7 Å². The summed E-state index contributed by atoms with van der Waals surface area (Å²) in [6.45, 7) is 1.63. The zero-order valence-corrected chi connectivity index (χ0v) is 13.7. The van der Waals surface area contributed by atoms with Crippen LogP contribution in [0.15, 0.2) is 0 Å². The molecule has 0 aromatic heterocycles. The molecule has 0 spiro atoms. The average Bonchev–Trinajstić information content (AvgIpc) is 2.39. The van der Waals surface area contributed by atoms with Crippen LogP contribution in [0.25, 0.3) is 0 Å². The van der Waals surface area contributed by atoms with E-state index in [1.54, 1.807) is 0 Å². The molecule has 0 saturated carbocycles. The largest absolute Gasteiger partial charge is 0.396 e. The van der Waals surface area contributed by atoms with Crippen molar-refractivity contribution in [2.24, 2.45) is 5.92 Å². The van der Waals surface area contributed by atoms with Gasteiger partial charge in [-0.1, -0.05) is 6.92 Å². The first-order valence-electron chi connectivity index (χ1n) is 6.64. The summed E-state index contributed by atoms with van der Waals surface area (Å²) in [5, 5.41) is 27.0. The van der Waals surface area contributed by atoms with Crippen LogP contribution in [-0.2, 0) is 14.6 Å². The Morgan fingerprint density at radius 3 is 2.35 bits per heavy atom. The Labute approximate surface area is 125 Å².